The molecule has 0 spiro atoms. The van der Waals surface area contributed by atoms with Gasteiger partial charge in [0.1, 0.15) is 23.7 Å². The van der Waals surface area contributed by atoms with Crippen molar-refractivity contribution in [1.82, 2.24) is 15.1 Å². The minimum atomic E-state index is 0.0471. The molecule has 2 rings (SSSR count). The van der Waals surface area contributed by atoms with Gasteiger partial charge in [0.15, 0.2) is 0 Å². The Morgan fingerprint density at radius 1 is 1.37 bits per heavy atom. The summed E-state index contributed by atoms with van der Waals surface area (Å²) in [5.41, 5.74) is 8.74. The molecule has 0 fully saturated rings. The molecule has 6 heteroatoms. The third-order valence-electron chi connectivity index (χ3n) is 3.21. The summed E-state index contributed by atoms with van der Waals surface area (Å²) in [6, 6.07) is 0.0471. The zero-order valence-corrected chi connectivity index (χ0v) is 11.7. The number of anilines is 2. The Morgan fingerprint density at radius 2 is 2.11 bits per heavy atom. The van der Waals surface area contributed by atoms with Crippen molar-refractivity contribution in [3.05, 3.63) is 28.9 Å². The van der Waals surface area contributed by atoms with Crippen LogP contribution in [0, 0.1) is 13.8 Å². The van der Waals surface area contributed by atoms with Gasteiger partial charge < -0.3 is 15.6 Å². The highest BCUT2D eigenvalue weighted by molar-refractivity contribution is 5.56. The molecule has 19 heavy (non-hydrogen) atoms. The van der Waals surface area contributed by atoms with Gasteiger partial charge in [-0.15, -0.1) is 0 Å². The smallest absolute Gasteiger partial charge is 0.139 e. The molecule has 2 aromatic heterocycles. The fraction of sp³-hybridized carbons (Fsp3) is 0.462. The highest BCUT2D eigenvalue weighted by atomic mass is 16.5. The number of nitrogen functional groups attached to an aromatic ring is 1. The monoisotopic (exact) mass is 261 g/mol. The van der Waals surface area contributed by atoms with Crippen molar-refractivity contribution < 1.29 is 4.52 Å². The number of hydrogen-bond acceptors (Lipinski definition) is 6. The number of aromatic nitrogens is 3. The van der Waals surface area contributed by atoms with Crippen molar-refractivity contribution in [1.29, 1.82) is 0 Å². The van der Waals surface area contributed by atoms with E-state index in [1.165, 1.54) is 6.33 Å². The predicted octanol–water partition coefficient (Wildman–Crippen LogP) is 2.40. The van der Waals surface area contributed by atoms with Crippen LogP contribution in [-0.4, -0.2) is 15.1 Å². The van der Waals surface area contributed by atoms with Gasteiger partial charge in [-0.05, 0) is 27.2 Å². The largest absolute Gasteiger partial charge is 0.383 e. The molecule has 0 saturated heterocycles. The van der Waals surface area contributed by atoms with Gasteiger partial charge in [0.25, 0.3) is 0 Å². The van der Waals surface area contributed by atoms with Crippen LogP contribution in [0.3, 0.4) is 0 Å². The van der Waals surface area contributed by atoms with Crippen LogP contribution in [0.15, 0.2) is 10.9 Å². The fourth-order valence-corrected chi connectivity index (χ4v) is 2.28. The highest BCUT2D eigenvalue weighted by Crippen LogP contribution is 2.26. The summed E-state index contributed by atoms with van der Waals surface area (Å²) < 4.78 is 5.19. The van der Waals surface area contributed by atoms with E-state index in [0.717, 1.165) is 34.8 Å². The van der Waals surface area contributed by atoms with E-state index in [-0.39, 0.29) is 6.04 Å². The maximum absolute atomic E-state index is 5.86. The van der Waals surface area contributed by atoms with E-state index in [1.54, 1.807) is 0 Å². The average Bonchev–Trinajstić information content (AvgIpc) is 2.69. The van der Waals surface area contributed by atoms with Crippen LogP contribution in [0.1, 0.15) is 42.5 Å². The first-order chi connectivity index (χ1) is 9.04. The molecule has 0 aromatic carbocycles. The van der Waals surface area contributed by atoms with Crippen molar-refractivity contribution >= 4 is 11.6 Å². The summed E-state index contributed by atoms with van der Waals surface area (Å²) in [5, 5.41) is 7.32. The number of nitrogens with one attached hydrogen (secondary N) is 1. The quantitative estimate of drug-likeness (QED) is 0.878. The Labute approximate surface area is 112 Å². The summed E-state index contributed by atoms with van der Waals surface area (Å²) in [6.07, 6.45) is 2.25. The molecular formula is C13H19N5O. The lowest BCUT2D eigenvalue weighted by Gasteiger charge is -2.17. The lowest BCUT2D eigenvalue weighted by Crippen LogP contribution is -2.13. The van der Waals surface area contributed by atoms with Gasteiger partial charge in [-0.25, -0.2) is 9.97 Å². The Bertz CT molecular complexity index is 559. The van der Waals surface area contributed by atoms with Gasteiger partial charge >= 0.3 is 0 Å². The van der Waals surface area contributed by atoms with Crippen molar-refractivity contribution in [3.8, 4) is 0 Å². The van der Waals surface area contributed by atoms with Crippen LogP contribution >= 0.6 is 0 Å². The lowest BCUT2D eigenvalue weighted by molar-refractivity contribution is 0.392. The summed E-state index contributed by atoms with van der Waals surface area (Å²) in [4.78, 5) is 8.28. The first-order valence-electron chi connectivity index (χ1n) is 6.33. The SMILES string of the molecule is CCc1c(N)ncnc1NC(C)c1c(C)noc1C. The maximum atomic E-state index is 5.86. The van der Waals surface area contributed by atoms with E-state index in [1.807, 2.05) is 27.7 Å². The Hall–Kier alpha value is -2.11. The zero-order chi connectivity index (χ0) is 14.0. The number of hydrogen-bond donors (Lipinski definition) is 2. The second-order valence-electron chi connectivity index (χ2n) is 4.54. The number of aryl methyl sites for hydroxylation is 2. The molecule has 0 aliphatic rings. The van der Waals surface area contributed by atoms with Gasteiger partial charge in [0.2, 0.25) is 0 Å². The molecule has 0 aliphatic carbocycles. The van der Waals surface area contributed by atoms with Crippen LogP contribution < -0.4 is 11.1 Å². The molecule has 6 nitrogen and oxygen atoms in total. The van der Waals surface area contributed by atoms with E-state index in [4.69, 9.17) is 10.3 Å². The molecule has 0 saturated carbocycles. The first-order valence-corrected chi connectivity index (χ1v) is 6.33. The molecule has 3 N–H and O–H groups in total. The second kappa shape index (κ2) is 5.26. The number of rotatable bonds is 4. The van der Waals surface area contributed by atoms with Gasteiger partial charge in [-0.2, -0.15) is 0 Å². The third-order valence-corrected chi connectivity index (χ3v) is 3.21. The van der Waals surface area contributed by atoms with Gasteiger partial charge in [0.05, 0.1) is 11.7 Å². The first kappa shape index (κ1) is 13.3. The fourth-order valence-electron chi connectivity index (χ4n) is 2.28. The molecular weight excluding hydrogens is 242 g/mol. The van der Waals surface area contributed by atoms with Crippen molar-refractivity contribution in [2.75, 3.05) is 11.1 Å². The van der Waals surface area contributed by atoms with Crippen LogP contribution in [0.4, 0.5) is 11.6 Å². The lowest BCUT2D eigenvalue weighted by atomic mass is 10.1. The standard InChI is InChI=1S/C13H19N5O/c1-5-10-12(14)15-6-16-13(10)17-7(2)11-8(3)18-19-9(11)4/h6-7H,5H2,1-4H3,(H3,14,15,16,17). The number of nitrogens with zero attached hydrogens (tertiary/aromatic N) is 3. The van der Waals surface area contributed by atoms with Gasteiger partial charge in [0, 0.05) is 11.1 Å². The molecule has 1 unspecified atom stereocenters. The Kier molecular flexibility index (Phi) is 3.69. The minimum Gasteiger partial charge on any atom is -0.383 e. The van der Waals surface area contributed by atoms with Crippen molar-refractivity contribution in [2.24, 2.45) is 0 Å². The number of nitrogens with two attached hydrogens (primary N) is 1. The molecule has 0 bridgehead atoms. The molecule has 102 valence electrons. The van der Waals surface area contributed by atoms with Crippen LogP contribution in [0.25, 0.3) is 0 Å². The summed E-state index contributed by atoms with van der Waals surface area (Å²) >= 11 is 0. The van der Waals surface area contributed by atoms with E-state index in [2.05, 4.69) is 20.4 Å². The molecule has 1 atom stereocenters. The predicted molar refractivity (Wildman–Crippen MR) is 73.8 cm³/mol. The van der Waals surface area contributed by atoms with Crippen LogP contribution in [0.2, 0.25) is 0 Å². The maximum Gasteiger partial charge on any atom is 0.139 e. The summed E-state index contributed by atoms with van der Waals surface area (Å²) in [6.45, 7) is 7.91. The topological polar surface area (TPSA) is 89.9 Å². The van der Waals surface area contributed by atoms with Crippen LogP contribution in [0.5, 0.6) is 0 Å². The summed E-state index contributed by atoms with van der Waals surface area (Å²) in [7, 11) is 0. The summed E-state index contributed by atoms with van der Waals surface area (Å²) in [5.74, 6) is 2.10. The molecule has 0 amide bonds. The van der Waals surface area contributed by atoms with Gasteiger partial charge in [-0.1, -0.05) is 12.1 Å². The highest BCUT2D eigenvalue weighted by Gasteiger charge is 2.18. The van der Waals surface area contributed by atoms with Crippen molar-refractivity contribution in [3.63, 3.8) is 0 Å². The molecule has 0 radical (unpaired) electrons. The zero-order valence-electron chi connectivity index (χ0n) is 11.7. The van der Waals surface area contributed by atoms with E-state index < -0.39 is 0 Å². The van der Waals surface area contributed by atoms with Crippen molar-refractivity contribution in [2.45, 2.75) is 40.2 Å². The average molecular weight is 261 g/mol. The van der Waals surface area contributed by atoms with E-state index in [9.17, 15) is 0 Å². The third kappa shape index (κ3) is 2.52. The molecule has 2 heterocycles. The Balaban J connectivity index is 2.29. The van der Waals surface area contributed by atoms with E-state index in [0.29, 0.717) is 5.82 Å². The van der Waals surface area contributed by atoms with Gasteiger partial charge in [-0.3, -0.25) is 0 Å². The molecule has 0 aliphatic heterocycles. The van der Waals surface area contributed by atoms with Crippen LogP contribution in [-0.2, 0) is 6.42 Å². The normalized spacial score (nSPS) is 12.4. The Morgan fingerprint density at radius 3 is 2.68 bits per heavy atom. The minimum absolute atomic E-state index is 0.0471. The van der Waals surface area contributed by atoms with E-state index >= 15 is 0 Å². The second-order valence-corrected chi connectivity index (χ2v) is 4.54. The molecule has 2 aromatic rings.